The van der Waals surface area contributed by atoms with Crippen LogP contribution in [-0.4, -0.2) is 17.6 Å². The highest BCUT2D eigenvalue weighted by molar-refractivity contribution is 6.17. The van der Waals surface area contributed by atoms with Crippen molar-refractivity contribution in [1.82, 2.24) is 4.98 Å². The molecule has 94 valence electrons. The number of anilines is 1. The molecule has 2 N–H and O–H groups in total. The first-order valence-electron chi connectivity index (χ1n) is 4.81. The molecule has 0 saturated carbocycles. The molecule has 1 aromatic heterocycles. The van der Waals surface area contributed by atoms with Gasteiger partial charge in [-0.3, -0.25) is 0 Å². The van der Waals surface area contributed by atoms with E-state index < -0.39 is 18.0 Å². The van der Waals surface area contributed by atoms with Gasteiger partial charge >= 0.3 is 5.97 Å². The van der Waals surface area contributed by atoms with Crippen molar-refractivity contribution < 1.29 is 18.3 Å². The molecule has 17 heavy (non-hydrogen) atoms. The largest absolute Gasteiger partial charge is 0.462 e. The highest BCUT2D eigenvalue weighted by Crippen LogP contribution is 2.28. The number of nitrogens with zero attached hydrogens (tertiary/aromatic N) is 1. The molecule has 0 spiro atoms. The van der Waals surface area contributed by atoms with Gasteiger partial charge in [0.25, 0.3) is 6.43 Å². The van der Waals surface area contributed by atoms with Crippen LogP contribution in [0, 0.1) is 0 Å². The van der Waals surface area contributed by atoms with Crippen LogP contribution < -0.4 is 5.73 Å². The van der Waals surface area contributed by atoms with Crippen LogP contribution in [0.1, 0.15) is 35.0 Å². The average molecular weight is 265 g/mol. The van der Waals surface area contributed by atoms with Crippen LogP contribution in [0.5, 0.6) is 0 Å². The van der Waals surface area contributed by atoms with E-state index in [2.05, 4.69) is 9.72 Å². The smallest absolute Gasteiger partial charge is 0.338 e. The van der Waals surface area contributed by atoms with Gasteiger partial charge in [-0.05, 0) is 13.0 Å². The minimum Gasteiger partial charge on any atom is -0.462 e. The molecule has 0 aliphatic heterocycles. The molecule has 0 aliphatic rings. The van der Waals surface area contributed by atoms with Gasteiger partial charge in [-0.1, -0.05) is 0 Å². The minimum atomic E-state index is -2.86. The van der Waals surface area contributed by atoms with E-state index in [1.807, 2.05) is 0 Å². The number of ether oxygens (including phenoxy) is 1. The highest BCUT2D eigenvalue weighted by Gasteiger charge is 2.24. The number of hydrogen-bond donors (Lipinski definition) is 1. The van der Waals surface area contributed by atoms with Gasteiger partial charge in [-0.15, -0.1) is 11.6 Å². The number of halogens is 3. The Hall–Kier alpha value is -1.43. The van der Waals surface area contributed by atoms with E-state index in [-0.39, 0.29) is 29.6 Å². The van der Waals surface area contributed by atoms with Crippen molar-refractivity contribution in [3.63, 3.8) is 0 Å². The number of rotatable bonds is 4. The van der Waals surface area contributed by atoms with E-state index >= 15 is 0 Å². The Morgan fingerprint density at radius 1 is 1.65 bits per heavy atom. The summed E-state index contributed by atoms with van der Waals surface area (Å²) in [5, 5.41) is 0. The topological polar surface area (TPSA) is 65.2 Å². The quantitative estimate of drug-likeness (QED) is 0.670. The molecule has 0 saturated heterocycles. The summed E-state index contributed by atoms with van der Waals surface area (Å²) in [6.07, 6.45) is -2.86. The molecule has 4 nitrogen and oxygen atoms in total. The number of carbonyl (C=O) groups excluding carboxylic acids is 1. The molecule has 0 atom stereocenters. The molecular weight excluding hydrogens is 254 g/mol. The second-order valence-electron chi connectivity index (χ2n) is 3.11. The van der Waals surface area contributed by atoms with E-state index in [9.17, 15) is 13.6 Å². The van der Waals surface area contributed by atoms with Crippen LogP contribution in [-0.2, 0) is 10.6 Å². The van der Waals surface area contributed by atoms with Crippen LogP contribution in [0.15, 0.2) is 6.07 Å². The number of alkyl halides is 3. The van der Waals surface area contributed by atoms with Crippen molar-refractivity contribution in [1.29, 1.82) is 0 Å². The maximum atomic E-state index is 12.9. The van der Waals surface area contributed by atoms with E-state index in [0.29, 0.717) is 0 Å². The molecule has 0 fully saturated rings. The van der Waals surface area contributed by atoms with Gasteiger partial charge < -0.3 is 10.5 Å². The lowest BCUT2D eigenvalue weighted by atomic mass is 10.1. The summed E-state index contributed by atoms with van der Waals surface area (Å²) in [7, 11) is 0. The Labute approximate surface area is 102 Å². The number of nitrogen functional groups attached to an aromatic ring is 1. The Kier molecular flexibility index (Phi) is 4.62. The lowest BCUT2D eigenvalue weighted by molar-refractivity contribution is 0.0515. The normalized spacial score (nSPS) is 10.6. The standard InChI is InChI=1S/C10H11ClF2N2O2/c1-2-17-10(16)5-3-7(14)15-6(4-11)8(5)9(12)13/h3,9H,2,4H2,1H3,(H2,14,15). The molecule has 0 aromatic carbocycles. The van der Waals surface area contributed by atoms with Crippen LogP contribution in [0.25, 0.3) is 0 Å². The van der Waals surface area contributed by atoms with Crippen LogP contribution >= 0.6 is 11.6 Å². The third kappa shape index (κ3) is 3.03. The molecular formula is C10H11ClF2N2O2. The highest BCUT2D eigenvalue weighted by atomic mass is 35.5. The van der Waals surface area contributed by atoms with E-state index in [1.165, 1.54) is 0 Å². The zero-order valence-electron chi connectivity index (χ0n) is 9.04. The van der Waals surface area contributed by atoms with Crippen LogP contribution in [0.2, 0.25) is 0 Å². The number of pyridine rings is 1. The lowest BCUT2D eigenvalue weighted by Crippen LogP contribution is -2.13. The number of nitrogens with two attached hydrogens (primary N) is 1. The summed E-state index contributed by atoms with van der Waals surface area (Å²) in [5.74, 6) is -1.16. The van der Waals surface area contributed by atoms with Crippen molar-refractivity contribution >= 4 is 23.4 Å². The zero-order chi connectivity index (χ0) is 13.0. The maximum absolute atomic E-state index is 12.9. The summed E-state index contributed by atoms with van der Waals surface area (Å²) in [6, 6.07) is 1.07. The number of aromatic nitrogens is 1. The van der Waals surface area contributed by atoms with Gasteiger partial charge in [0.05, 0.1) is 29.3 Å². The van der Waals surface area contributed by atoms with E-state index in [4.69, 9.17) is 17.3 Å². The summed E-state index contributed by atoms with van der Waals surface area (Å²) in [6.45, 7) is 1.66. The summed E-state index contributed by atoms with van der Waals surface area (Å²) in [5.41, 5.74) is 4.50. The van der Waals surface area contributed by atoms with Crippen molar-refractivity contribution in [2.75, 3.05) is 12.3 Å². The predicted octanol–water partition coefficient (Wildman–Crippen LogP) is 2.52. The molecule has 0 radical (unpaired) electrons. The Balaban J connectivity index is 3.35. The Morgan fingerprint density at radius 2 is 2.29 bits per heavy atom. The molecule has 0 aliphatic carbocycles. The van der Waals surface area contributed by atoms with Crippen molar-refractivity contribution in [3.8, 4) is 0 Å². The molecule has 0 unspecified atom stereocenters. The molecule has 7 heteroatoms. The van der Waals surface area contributed by atoms with Crippen LogP contribution in [0.3, 0.4) is 0 Å². The fraction of sp³-hybridized carbons (Fsp3) is 0.400. The van der Waals surface area contributed by atoms with Crippen molar-refractivity contribution in [2.45, 2.75) is 19.2 Å². The third-order valence-corrected chi connectivity index (χ3v) is 2.25. The second kappa shape index (κ2) is 5.77. The predicted molar refractivity (Wildman–Crippen MR) is 59.1 cm³/mol. The minimum absolute atomic E-state index is 0.0481. The first-order valence-corrected chi connectivity index (χ1v) is 5.35. The molecule has 1 rings (SSSR count). The van der Waals surface area contributed by atoms with Crippen LogP contribution in [0.4, 0.5) is 14.6 Å². The number of carbonyl (C=O) groups is 1. The lowest BCUT2D eigenvalue weighted by Gasteiger charge is -2.12. The molecule has 0 amide bonds. The average Bonchev–Trinajstić information content (AvgIpc) is 2.27. The fourth-order valence-electron chi connectivity index (χ4n) is 1.35. The number of hydrogen-bond acceptors (Lipinski definition) is 4. The van der Waals surface area contributed by atoms with E-state index in [1.54, 1.807) is 6.92 Å². The Morgan fingerprint density at radius 3 is 2.76 bits per heavy atom. The van der Waals surface area contributed by atoms with Gasteiger partial charge in [0.2, 0.25) is 0 Å². The summed E-state index contributed by atoms with van der Waals surface area (Å²) >= 11 is 5.50. The second-order valence-corrected chi connectivity index (χ2v) is 3.38. The SMILES string of the molecule is CCOC(=O)c1cc(N)nc(CCl)c1C(F)F. The summed E-state index contributed by atoms with van der Waals surface area (Å²) in [4.78, 5) is 15.2. The Bertz CT molecular complexity index is 427. The fourth-order valence-corrected chi connectivity index (χ4v) is 1.56. The van der Waals surface area contributed by atoms with Gasteiger partial charge in [0.1, 0.15) is 5.82 Å². The molecule has 1 heterocycles. The third-order valence-electron chi connectivity index (χ3n) is 2.00. The van der Waals surface area contributed by atoms with Gasteiger partial charge in [0, 0.05) is 0 Å². The van der Waals surface area contributed by atoms with Crippen molar-refractivity contribution in [2.24, 2.45) is 0 Å². The molecule has 1 aromatic rings. The monoisotopic (exact) mass is 264 g/mol. The number of esters is 1. The van der Waals surface area contributed by atoms with Crippen molar-refractivity contribution in [3.05, 3.63) is 22.9 Å². The molecule has 0 bridgehead atoms. The first kappa shape index (κ1) is 13.6. The van der Waals surface area contributed by atoms with Gasteiger partial charge in [0.15, 0.2) is 0 Å². The maximum Gasteiger partial charge on any atom is 0.338 e. The first-order chi connectivity index (χ1) is 8.01. The van der Waals surface area contributed by atoms with Gasteiger partial charge in [-0.25, -0.2) is 18.6 Å². The zero-order valence-corrected chi connectivity index (χ0v) is 9.80. The van der Waals surface area contributed by atoms with E-state index in [0.717, 1.165) is 6.07 Å². The summed E-state index contributed by atoms with van der Waals surface area (Å²) < 4.78 is 30.4. The van der Waals surface area contributed by atoms with Gasteiger partial charge in [-0.2, -0.15) is 0 Å².